The molecule has 3 aliphatic rings. The van der Waals surface area contributed by atoms with Crippen molar-refractivity contribution in [1.82, 2.24) is 4.90 Å². The van der Waals surface area contributed by atoms with Crippen LogP contribution in [-0.4, -0.2) is 40.4 Å². The minimum absolute atomic E-state index is 0.144. The number of fused-ring (bicyclic) bond motifs is 3. The van der Waals surface area contributed by atoms with Gasteiger partial charge in [-0.05, 0) is 30.3 Å². The number of imide groups is 1. The zero-order valence-corrected chi connectivity index (χ0v) is 21.4. The van der Waals surface area contributed by atoms with E-state index in [4.69, 9.17) is 0 Å². The van der Waals surface area contributed by atoms with Crippen molar-refractivity contribution in [3.63, 3.8) is 0 Å². The standard InChI is InChI=1S/C30H20BrFN2O4/c31-20-12-10-18(11-13-20)28(36)26-25-24(29(37)34(30(25)38)22-9-5-4-8-21(22)32)23-16-19(14-15-33(23)26)27(35)17-6-2-1-3-7-17/h1-16,23-26H/t23-,24+,25+,26-/m1/s1. The third kappa shape index (κ3) is 3.75. The Labute approximate surface area is 226 Å². The van der Waals surface area contributed by atoms with Gasteiger partial charge in [0.25, 0.3) is 0 Å². The van der Waals surface area contributed by atoms with Gasteiger partial charge in [0.15, 0.2) is 11.6 Å². The monoisotopic (exact) mass is 570 g/mol. The van der Waals surface area contributed by atoms with Crippen LogP contribution < -0.4 is 4.90 Å². The lowest BCUT2D eigenvalue weighted by Crippen LogP contribution is -2.46. The van der Waals surface area contributed by atoms with Crippen LogP contribution in [0.5, 0.6) is 0 Å². The maximum Gasteiger partial charge on any atom is 0.240 e. The predicted octanol–water partition coefficient (Wildman–Crippen LogP) is 4.97. The van der Waals surface area contributed by atoms with Crippen LogP contribution in [0.25, 0.3) is 0 Å². The van der Waals surface area contributed by atoms with Gasteiger partial charge in [0.2, 0.25) is 11.8 Å². The fourth-order valence-electron chi connectivity index (χ4n) is 5.61. The summed E-state index contributed by atoms with van der Waals surface area (Å²) in [7, 11) is 0. The van der Waals surface area contributed by atoms with E-state index in [0.29, 0.717) is 16.7 Å². The minimum atomic E-state index is -1.05. The number of hydrogen-bond acceptors (Lipinski definition) is 5. The molecule has 38 heavy (non-hydrogen) atoms. The van der Waals surface area contributed by atoms with Gasteiger partial charge in [-0.15, -0.1) is 0 Å². The number of amides is 2. The Balaban J connectivity index is 1.44. The molecule has 0 unspecified atom stereocenters. The first-order chi connectivity index (χ1) is 18.4. The second-order valence-electron chi connectivity index (χ2n) is 9.40. The Morgan fingerprint density at radius 1 is 0.789 bits per heavy atom. The van der Waals surface area contributed by atoms with Crippen molar-refractivity contribution in [2.24, 2.45) is 11.8 Å². The van der Waals surface area contributed by atoms with Crippen LogP contribution >= 0.6 is 15.9 Å². The normalized spacial score (nSPS) is 23.8. The number of allylic oxidation sites excluding steroid dienone is 2. The Bertz CT molecular complexity index is 1550. The minimum Gasteiger partial charge on any atom is -0.359 e. The van der Waals surface area contributed by atoms with E-state index in [0.717, 1.165) is 9.37 Å². The lowest BCUT2D eigenvalue weighted by Gasteiger charge is -2.32. The largest absolute Gasteiger partial charge is 0.359 e. The van der Waals surface area contributed by atoms with Crippen molar-refractivity contribution in [3.8, 4) is 0 Å². The second kappa shape index (κ2) is 9.29. The lowest BCUT2D eigenvalue weighted by atomic mass is 9.85. The molecule has 6 rings (SSSR count). The third-order valence-electron chi connectivity index (χ3n) is 7.34. The van der Waals surface area contributed by atoms with E-state index in [1.54, 1.807) is 77.8 Å². The van der Waals surface area contributed by atoms with Crippen LogP contribution in [0.15, 0.2) is 107 Å². The van der Waals surface area contributed by atoms with Crippen molar-refractivity contribution in [2.45, 2.75) is 12.1 Å². The van der Waals surface area contributed by atoms with Gasteiger partial charge >= 0.3 is 0 Å². The summed E-state index contributed by atoms with van der Waals surface area (Å²) in [6, 6.07) is 19.3. The Hall–Kier alpha value is -4.17. The van der Waals surface area contributed by atoms with Gasteiger partial charge in [-0.2, -0.15) is 0 Å². The number of para-hydroxylation sites is 1. The van der Waals surface area contributed by atoms with E-state index in [1.165, 1.54) is 18.2 Å². The maximum absolute atomic E-state index is 14.7. The van der Waals surface area contributed by atoms with Crippen LogP contribution in [0.3, 0.4) is 0 Å². The molecule has 4 atom stereocenters. The molecule has 0 aliphatic carbocycles. The summed E-state index contributed by atoms with van der Waals surface area (Å²) in [5, 5.41) is 0. The highest BCUT2D eigenvalue weighted by Gasteiger charge is 2.63. The predicted molar refractivity (Wildman–Crippen MR) is 142 cm³/mol. The maximum atomic E-state index is 14.7. The molecule has 0 N–H and O–H groups in total. The number of Topliss-reactive ketones (excluding diaryl/α,β-unsaturated/α-hetero) is 2. The molecular weight excluding hydrogens is 551 g/mol. The first-order valence-corrected chi connectivity index (χ1v) is 12.9. The van der Waals surface area contributed by atoms with E-state index in [1.807, 2.05) is 6.07 Å². The number of carbonyl (C=O) groups excluding carboxylic acids is 4. The fourth-order valence-corrected chi connectivity index (χ4v) is 5.87. The number of halogens is 2. The first kappa shape index (κ1) is 24.2. The van der Waals surface area contributed by atoms with Crippen molar-refractivity contribution in [1.29, 1.82) is 0 Å². The highest BCUT2D eigenvalue weighted by atomic mass is 79.9. The molecule has 0 aromatic heterocycles. The van der Waals surface area contributed by atoms with Crippen molar-refractivity contribution >= 4 is 45.0 Å². The van der Waals surface area contributed by atoms with Gasteiger partial charge in [0.05, 0.1) is 23.6 Å². The fraction of sp³-hybridized carbons (Fsp3) is 0.133. The number of ketones is 2. The summed E-state index contributed by atoms with van der Waals surface area (Å²) in [5.41, 5.74) is 1.08. The van der Waals surface area contributed by atoms with E-state index in [2.05, 4.69) is 15.9 Å². The number of nitrogens with zero attached hydrogens (tertiary/aromatic N) is 2. The SMILES string of the molecule is O=C(C1=C[C@@H]2[C@@H]3C(=O)N(c4ccccc4F)C(=O)[C@@H]3[C@H](C(=O)c3ccc(Br)cc3)N2C=C1)c1ccccc1. The zero-order chi connectivity index (χ0) is 26.6. The highest BCUT2D eigenvalue weighted by molar-refractivity contribution is 9.10. The quantitative estimate of drug-likeness (QED) is 0.320. The topological polar surface area (TPSA) is 74.8 Å². The summed E-state index contributed by atoms with van der Waals surface area (Å²) >= 11 is 3.36. The summed E-state index contributed by atoms with van der Waals surface area (Å²) < 4.78 is 15.5. The van der Waals surface area contributed by atoms with Gasteiger partial charge in [-0.25, -0.2) is 9.29 Å². The molecule has 3 heterocycles. The Kier molecular flexibility index (Phi) is 5.91. The number of anilines is 1. The van der Waals surface area contributed by atoms with E-state index >= 15 is 0 Å². The lowest BCUT2D eigenvalue weighted by molar-refractivity contribution is -0.123. The molecule has 2 amide bonds. The van der Waals surface area contributed by atoms with E-state index in [9.17, 15) is 23.6 Å². The molecule has 0 spiro atoms. The average molecular weight is 571 g/mol. The van der Waals surface area contributed by atoms with Crippen LogP contribution in [0, 0.1) is 17.7 Å². The van der Waals surface area contributed by atoms with Gasteiger partial charge in [-0.1, -0.05) is 76.6 Å². The van der Waals surface area contributed by atoms with Crippen LogP contribution in [0.2, 0.25) is 0 Å². The summed E-state index contributed by atoms with van der Waals surface area (Å²) in [6.07, 6.45) is 4.88. The van der Waals surface area contributed by atoms with Gasteiger partial charge in [0, 0.05) is 27.4 Å². The van der Waals surface area contributed by atoms with Crippen LogP contribution in [-0.2, 0) is 9.59 Å². The molecular formula is C30H20BrFN2O4. The number of hydrogen-bond donors (Lipinski definition) is 0. The summed E-state index contributed by atoms with van der Waals surface area (Å²) in [4.78, 5) is 57.1. The number of rotatable bonds is 5. The van der Waals surface area contributed by atoms with Gasteiger partial charge < -0.3 is 4.90 Å². The van der Waals surface area contributed by atoms with Crippen LogP contribution in [0.4, 0.5) is 10.1 Å². The number of carbonyl (C=O) groups is 4. The summed E-state index contributed by atoms with van der Waals surface area (Å²) in [5.74, 6) is -4.51. The molecule has 3 aromatic rings. The molecule has 6 nitrogen and oxygen atoms in total. The van der Waals surface area contributed by atoms with Gasteiger partial charge in [-0.3, -0.25) is 19.2 Å². The molecule has 3 aliphatic heterocycles. The molecule has 0 bridgehead atoms. The van der Waals surface area contributed by atoms with Crippen molar-refractivity contribution in [3.05, 3.63) is 124 Å². The molecule has 2 fully saturated rings. The average Bonchev–Trinajstić information content (AvgIpc) is 3.41. The number of benzene rings is 3. The molecule has 2 saturated heterocycles. The molecule has 0 saturated carbocycles. The van der Waals surface area contributed by atoms with E-state index < -0.39 is 41.6 Å². The molecule has 3 aromatic carbocycles. The van der Waals surface area contributed by atoms with Crippen molar-refractivity contribution < 1.29 is 23.6 Å². The second-order valence-corrected chi connectivity index (χ2v) is 10.3. The van der Waals surface area contributed by atoms with Gasteiger partial charge in [0.1, 0.15) is 11.9 Å². The van der Waals surface area contributed by atoms with Crippen molar-refractivity contribution in [2.75, 3.05) is 4.90 Å². The Morgan fingerprint density at radius 2 is 1.45 bits per heavy atom. The molecule has 188 valence electrons. The highest BCUT2D eigenvalue weighted by Crippen LogP contribution is 2.47. The zero-order valence-electron chi connectivity index (χ0n) is 19.8. The van der Waals surface area contributed by atoms with Crippen LogP contribution in [0.1, 0.15) is 20.7 Å². The smallest absolute Gasteiger partial charge is 0.240 e. The molecule has 8 heteroatoms. The Morgan fingerprint density at radius 3 is 2.16 bits per heavy atom. The van der Waals surface area contributed by atoms with E-state index in [-0.39, 0.29) is 17.3 Å². The third-order valence-corrected chi connectivity index (χ3v) is 7.87. The summed E-state index contributed by atoms with van der Waals surface area (Å²) in [6.45, 7) is 0. The first-order valence-electron chi connectivity index (χ1n) is 12.1. The molecule has 0 radical (unpaired) electrons.